The molecule has 1 fully saturated rings. The molecule has 0 aromatic heterocycles. The summed E-state index contributed by atoms with van der Waals surface area (Å²) in [5.74, 6) is -1.27. The number of thioether (sulfide) groups is 1. The smallest absolute Gasteiger partial charge is 0.374 e. The predicted octanol–water partition coefficient (Wildman–Crippen LogP) is 4.75. The molecule has 10 nitrogen and oxygen atoms in total. The second kappa shape index (κ2) is 11.8. The lowest BCUT2D eigenvalue weighted by molar-refractivity contribution is -0.384. The number of nitro groups is 1. The fourth-order valence-electron chi connectivity index (χ4n) is 3.02. The Morgan fingerprint density at radius 3 is 2.43 bits per heavy atom. The molecule has 1 aromatic carbocycles. The van der Waals surface area contributed by atoms with Crippen molar-refractivity contribution in [2.75, 3.05) is 19.8 Å². The predicted molar refractivity (Wildman–Crippen MR) is 135 cm³/mol. The molecule has 35 heavy (non-hydrogen) atoms. The van der Waals surface area contributed by atoms with Crippen LogP contribution in [0.5, 0.6) is 5.75 Å². The molecule has 1 heterocycles. The Labute approximate surface area is 210 Å². The van der Waals surface area contributed by atoms with Crippen LogP contribution in [-0.2, 0) is 18.8 Å². The molecule has 0 N–H and O–H groups in total. The number of rotatable bonds is 11. The van der Waals surface area contributed by atoms with Crippen LogP contribution in [0.1, 0.15) is 27.2 Å². The van der Waals surface area contributed by atoms with Gasteiger partial charge in [-0.2, -0.15) is 0 Å². The fraction of sp³-hybridized carbons (Fsp3) is 0.522. The molecule has 12 heteroatoms. The zero-order valence-electron chi connectivity index (χ0n) is 20.6. The average molecular weight is 525 g/mol. The third-order valence-electron chi connectivity index (χ3n) is 6.08. The van der Waals surface area contributed by atoms with Crippen LogP contribution in [0.15, 0.2) is 36.9 Å². The number of ether oxygens (including phenoxy) is 2. The molecule has 0 radical (unpaired) electrons. The normalized spacial score (nSPS) is 18.0. The van der Waals surface area contributed by atoms with Gasteiger partial charge in [0, 0.05) is 18.7 Å². The van der Waals surface area contributed by atoms with E-state index in [1.807, 2.05) is 0 Å². The Morgan fingerprint density at radius 1 is 1.26 bits per heavy atom. The van der Waals surface area contributed by atoms with E-state index in [0.29, 0.717) is 13.0 Å². The first-order valence-corrected chi connectivity index (χ1v) is 14.9. The summed E-state index contributed by atoms with van der Waals surface area (Å²) in [5, 5.41) is 9.48. The highest BCUT2D eigenvalue weighted by Gasteiger charge is 2.50. The lowest BCUT2D eigenvalue weighted by Crippen LogP contribution is -2.61. The van der Waals surface area contributed by atoms with Crippen molar-refractivity contribution in [3.63, 3.8) is 0 Å². The zero-order chi connectivity index (χ0) is 26.4. The molecule has 1 amide bonds. The number of carbonyl (C=O) groups is 3. The summed E-state index contributed by atoms with van der Waals surface area (Å²) >= 11 is 0.779. The molecule has 1 aromatic rings. The van der Waals surface area contributed by atoms with E-state index < -0.39 is 35.8 Å². The van der Waals surface area contributed by atoms with E-state index in [-0.39, 0.29) is 35.5 Å². The maximum Gasteiger partial charge on any atom is 0.374 e. The van der Waals surface area contributed by atoms with Crippen LogP contribution in [-0.4, -0.2) is 60.5 Å². The molecule has 192 valence electrons. The first kappa shape index (κ1) is 28.5. The van der Waals surface area contributed by atoms with Gasteiger partial charge in [0.05, 0.1) is 10.8 Å². The van der Waals surface area contributed by atoms with Gasteiger partial charge in [0.2, 0.25) is 5.91 Å². The molecule has 0 saturated carbocycles. The Bertz CT molecular complexity index is 961. The molecule has 0 spiro atoms. The van der Waals surface area contributed by atoms with E-state index in [2.05, 4.69) is 40.4 Å². The standard InChI is InChI=1S/C23H32N2O8SSi/c1-7-13-31-19(26)15-24-20(27)18(12-14-32-35(5,6)23(2,3)4)21(24)34-22(28)33-17-10-8-16(9-11-17)25(29)30/h7-11,18,21H,1,12-15H2,2-6H3/t18-,21+/m0/s1. The van der Waals surface area contributed by atoms with Gasteiger partial charge < -0.3 is 18.8 Å². The third-order valence-corrected chi connectivity index (χ3v) is 11.7. The molecule has 0 aliphatic carbocycles. The van der Waals surface area contributed by atoms with Crippen molar-refractivity contribution in [1.82, 2.24) is 4.90 Å². The Kier molecular flexibility index (Phi) is 9.64. The zero-order valence-corrected chi connectivity index (χ0v) is 22.5. The van der Waals surface area contributed by atoms with E-state index >= 15 is 0 Å². The van der Waals surface area contributed by atoms with E-state index in [1.54, 1.807) is 0 Å². The Balaban J connectivity index is 2.05. The lowest BCUT2D eigenvalue weighted by Gasteiger charge is -2.46. The fourth-order valence-corrected chi connectivity index (χ4v) is 5.15. The van der Waals surface area contributed by atoms with E-state index in [4.69, 9.17) is 13.9 Å². The summed E-state index contributed by atoms with van der Waals surface area (Å²) in [7, 11) is -2.01. The number of carbonyl (C=O) groups excluding carboxylic acids is 3. The lowest BCUT2D eigenvalue weighted by atomic mass is 9.95. The first-order valence-electron chi connectivity index (χ1n) is 11.1. The quantitative estimate of drug-likeness (QED) is 0.101. The van der Waals surface area contributed by atoms with Crippen molar-refractivity contribution in [1.29, 1.82) is 0 Å². The van der Waals surface area contributed by atoms with Gasteiger partial charge in [0.25, 0.3) is 5.69 Å². The minimum Gasteiger partial charge on any atom is -0.460 e. The van der Waals surface area contributed by atoms with Crippen molar-refractivity contribution in [2.45, 2.75) is 50.7 Å². The maximum atomic E-state index is 12.8. The van der Waals surface area contributed by atoms with Crippen molar-refractivity contribution in [3.8, 4) is 5.75 Å². The maximum absolute atomic E-state index is 12.8. The number of benzene rings is 1. The van der Waals surface area contributed by atoms with Crippen LogP contribution in [0.4, 0.5) is 10.5 Å². The van der Waals surface area contributed by atoms with E-state index in [1.165, 1.54) is 35.2 Å². The largest absolute Gasteiger partial charge is 0.460 e. The van der Waals surface area contributed by atoms with Crippen LogP contribution in [0.25, 0.3) is 0 Å². The number of hydrogen-bond donors (Lipinski definition) is 0. The van der Waals surface area contributed by atoms with Gasteiger partial charge in [-0.25, -0.2) is 4.79 Å². The first-order chi connectivity index (χ1) is 16.3. The van der Waals surface area contributed by atoms with Crippen LogP contribution in [0.3, 0.4) is 0 Å². The summed E-state index contributed by atoms with van der Waals surface area (Å²) in [6.45, 7) is 14.2. The van der Waals surface area contributed by atoms with Gasteiger partial charge in [-0.1, -0.05) is 33.4 Å². The van der Waals surface area contributed by atoms with Gasteiger partial charge in [-0.05, 0) is 48.4 Å². The number of amides is 1. The van der Waals surface area contributed by atoms with Gasteiger partial charge in [-0.15, -0.1) is 0 Å². The summed E-state index contributed by atoms with van der Waals surface area (Å²) in [6.07, 6.45) is 1.82. The number of esters is 1. The Morgan fingerprint density at radius 2 is 1.89 bits per heavy atom. The monoisotopic (exact) mass is 524 g/mol. The topological polar surface area (TPSA) is 125 Å². The van der Waals surface area contributed by atoms with Crippen molar-refractivity contribution in [2.24, 2.45) is 5.92 Å². The number of non-ortho nitro benzene ring substituents is 1. The highest BCUT2D eigenvalue weighted by molar-refractivity contribution is 8.13. The van der Waals surface area contributed by atoms with Crippen molar-refractivity contribution >= 4 is 42.9 Å². The molecule has 2 atom stereocenters. The highest BCUT2D eigenvalue weighted by Crippen LogP contribution is 2.40. The number of nitro benzene ring substituents is 1. The van der Waals surface area contributed by atoms with Crippen molar-refractivity contribution in [3.05, 3.63) is 47.0 Å². The number of β-lactam (4-membered cyclic amide) rings is 1. The average Bonchev–Trinajstić information content (AvgIpc) is 2.77. The molecular formula is C23H32N2O8SSi. The van der Waals surface area contributed by atoms with E-state index in [0.717, 1.165) is 11.8 Å². The van der Waals surface area contributed by atoms with Crippen LogP contribution >= 0.6 is 11.8 Å². The number of likely N-dealkylation sites (tertiary alicyclic amines) is 1. The second-order valence-electron chi connectivity index (χ2n) is 9.55. The third kappa shape index (κ3) is 7.64. The van der Waals surface area contributed by atoms with Crippen LogP contribution in [0, 0.1) is 16.0 Å². The summed E-state index contributed by atoms with van der Waals surface area (Å²) in [6, 6.07) is 5.08. The molecule has 0 bridgehead atoms. The second-order valence-corrected chi connectivity index (χ2v) is 15.4. The summed E-state index contributed by atoms with van der Waals surface area (Å²) < 4.78 is 16.4. The molecule has 1 saturated heterocycles. The van der Waals surface area contributed by atoms with Gasteiger partial charge in [0.15, 0.2) is 8.32 Å². The summed E-state index contributed by atoms with van der Waals surface area (Å²) in [5.41, 5.74) is -0.131. The molecule has 1 aliphatic rings. The minimum atomic E-state index is -2.01. The van der Waals surface area contributed by atoms with E-state index in [9.17, 15) is 24.5 Å². The molecule has 2 rings (SSSR count). The SMILES string of the molecule is C=CCOC(=O)CN1C(=O)[C@H](CCO[Si](C)(C)C(C)(C)C)[C@H]1SC(=O)Oc1ccc([N+](=O)[O-])cc1. The molecule has 0 unspecified atom stereocenters. The summed E-state index contributed by atoms with van der Waals surface area (Å²) in [4.78, 5) is 48.9. The molecular weight excluding hydrogens is 492 g/mol. The van der Waals surface area contributed by atoms with Gasteiger partial charge in [0.1, 0.15) is 24.3 Å². The number of nitrogens with zero attached hydrogens (tertiary/aromatic N) is 2. The van der Waals surface area contributed by atoms with Crippen LogP contribution in [0.2, 0.25) is 18.1 Å². The molecule has 1 aliphatic heterocycles. The van der Waals surface area contributed by atoms with Crippen LogP contribution < -0.4 is 4.74 Å². The number of hydrogen-bond acceptors (Lipinski definition) is 9. The Hall–Kier alpha value is -2.70. The minimum absolute atomic E-state index is 0.0142. The highest BCUT2D eigenvalue weighted by atomic mass is 32.2. The van der Waals surface area contributed by atoms with Crippen molar-refractivity contribution < 1.29 is 33.2 Å². The van der Waals surface area contributed by atoms with Gasteiger partial charge >= 0.3 is 11.3 Å². The van der Waals surface area contributed by atoms with Gasteiger partial charge in [-0.3, -0.25) is 19.7 Å².